The molecule has 6 heteroatoms. The molecule has 408 valence electrons. The zero-order valence-corrected chi connectivity index (χ0v) is 46.9. The topological polar surface area (TPSA) is 78.9 Å². The molecular weight excluding hydrogens is 853 g/mol. The molecule has 0 aliphatic rings. The van der Waals surface area contributed by atoms with Crippen LogP contribution in [0.25, 0.3) is 0 Å². The number of rotatable bonds is 58. The molecule has 0 rings (SSSR count). The van der Waals surface area contributed by atoms with E-state index in [4.69, 9.17) is 14.2 Å². The van der Waals surface area contributed by atoms with E-state index in [-0.39, 0.29) is 31.1 Å². The number of esters is 3. The first-order chi connectivity index (χ1) is 34.0. The second-order valence-electron chi connectivity index (χ2n) is 21.3. The minimum atomic E-state index is -0.769. The molecule has 0 N–H and O–H groups in total. The first kappa shape index (κ1) is 67.1. The Balaban J connectivity index is 4.30. The number of ether oxygens (including phenoxy) is 3. The highest BCUT2D eigenvalue weighted by molar-refractivity contribution is 5.71. The molecule has 0 aliphatic carbocycles. The minimum absolute atomic E-state index is 0.0670. The monoisotopic (exact) mass is 973 g/mol. The van der Waals surface area contributed by atoms with Crippen molar-refractivity contribution in [1.82, 2.24) is 0 Å². The van der Waals surface area contributed by atoms with Gasteiger partial charge in [0.05, 0.1) is 0 Å². The van der Waals surface area contributed by atoms with Gasteiger partial charge < -0.3 is 14.2 Å². The lowest BCUT2D eigenvalue weighted by molar-refractivity contribution is -0.167. The summed E-state index contributed by atoms with van der Waals surface area (Å²) >= 11 is 0. The number of hydrogen-bond donors (Lipinski definition) is 0. The van der Waals surface area contributed by atoms with Crippen LogP contribution in [0.5, 0.6) is 0 Å². The normalized spacial score (nSPS) is 12.0. The summed E-state index contributed by atoms with van der Waals surface area (Å²) in [4.78, 5) is 38.2. The Morgan fingerprint density at radius 2 is 0.478 bits per heavy atom. The SMILES string of the molecule is CCCCCCCCC/C=C\CCCCCCCC(=O)OC(COC(=O)CCCCCCCCCCCCCCCCCC)COC(=O)CCCCCCCCCCCCCCCCCCCCC. The molecule has 1 atom stereocenters. The summed E-state index contributed by atoms with van der Waals surface area (Å²) in [7, 11) is 0. The fourth-order valence-electron chi connectivity index (χ4n) is 9.56. The molecule has 0 spiro atoms. The number of carbonyl (C=O) groups excluding carboxylic acids is 3. The van der Waals surface area contributed by atoms with Crippen molar-refractivity contribution in [1.29, 1.82) is 0 Å². The molecule has 0 radical (unpaired) electrons. The molecule has 0 aromatic carbocycles. The van der Waals surface area contributed by atoms with Gasteiger partial charge in [-0.05, 0) is 44.9 Å². The minimum Gasteiger partial charge on any atom is -0.462 e. The van der Waals surface area contributed by atoms with Gasteiger partial charge in [0.1, 0.15) is 13.2 Å². The number of unbranched alkanes of at least 4 members (excludes halogenated alkanes) is 45. The van der Waals surface area contributed by atoms with Crippen molar-refractivity contribution in [3.63, 3.8) is 0 Å². The lowest BCUT2D eigenvalue weighted by Gasteiger charge is -2.18. The van der Waals surface area contributed by atoms with Crippen molar-refractivity contribution in [2.24, 2.45) is 0 Å². The van der Waals surface area contributed by atoms with E-state index in [0.29, 0.717) is 19.3 Å². The molecule has 6 nitrogen and oxygen atoms in total. The van der Waals surface area contributed by atoms with Crippen LogP contribution in [0.4, 0.5) is 0 Å². The first-order valence-corrected chi connectivity index (χ1v) is 31.2. The zero-order valence-electron chi connectivity index (χ0n) is 46.9. The van der Waals surface area contributed by atoms with Crippen LogP contribution in [0.15, 0.2) is 12.2 Å². The van der Waals surface area contributed by atoms with Crippen LogP contribution in [0.3, 0.4) is 0 Å². The maximum absolute atomic E-state index is 12.9. The number of carbonyl (C=O) groups is 3. The van der Waals surface area contributed by atoms with Crippen molar-refractivity contribution < 1.29 is 28.6 Å². The average molecular weight is 974 g/mol. The Kier molecular flexibility index (Phi) is 57.1. The molecule has 0 saturated heterocycles. The molecule has 0 aromatic rings. The van der Waals surface area contributed by atoms with Crippen LogP contribution in [-0.2, 0) is 28.6 Å². The van der Waals surface area contributed by atoms with Crippen LogP contribution < -0.4 is 0 Å². The Morgan fingerprint density at radius 3 is 0.725 bits per heavy atom. The van der Waals surface area contributed by atoms with Gasteiger partial charge in [0.15, 0.2) is 6.10 Å². The first-order valence-electron chi connectivity index (χ1n) is 31.2. The van der Waals surface area contributed by atoms with Crippen molar-refractivity contribution in [3.05, 3.63) is 12.2 Å². The van der Waals surface area contributed by atoms with E-state index in [1.807, 2.05) is 0 Å². The van der Waals surface area contributed by atoms with E-state index in [1.54, 1.807) is 0 Å². The van der Waals surface area contributed by atoms with Crippen LogP contribution in [-0.4, -0.2) is 37.2 Å². The highest BCUT2D eigenvalue weighted by Crippen LogP contribution is 2.18. The summed E-state index contributed by atoms with van der Waals surface area (Å²) in [5.41, 5.74) is 0. The predicted octanol–water partition coefficient (Wildman–Crippen LogP) is 20.9. The Bertz CT molecular complexity index is 1070. The fraction of sp³-hybridized carbons (Fsp3) is 0.921. The average Bonchev–Trinajstić information content (AvgIpc) is 3.35. The maximum Gasteiger partial charge on any atom is 0.306 e. The third-order valence-corrected chi connectivity index (χ3v) is 14.3. The van der Waals surface area contributed by atoms with Gasteiger partial charge in [-0.3, -0.25) is 14.4 Å². The van der Waals surface area contributed by atoms with E-state index in [2.05, 4.69) is 32.9 Å². The summed E-state index contributed by atoms with van der Waals surface area (Å²) < 4.78 is 16.9. The van der Waals surface area contributed by atoms with Gasteiger partial charge in [-0.2, -0.15) is 0 Å². The second kappa shape index (κ2) is 58.7. The van der Waals surface area contributed by atoms with Gasteiger partial charge in [0.25, 0.3) is 0 Å². The van der Waals surface area contributed by atoms with Gasteiger partial charge in [0, 0.05) is 19.3 Å². The quantitative estimate of drug-likeness (QED) is 0.0261. The third kappa shape index (κ3) is 56.9. The summed E-state index contributed by atoms with van der Waals surface area (Å²) in [6.07, 6.45) is 67.8. The lowest BCUT2D eigenvalue weighted by Crippen LogP contribution is -2.30. The van der Waals surface area contributed by atoms with Crippen LogP contribution in [0.2, 0.25) is 0 Å². The molecule has 0 amide bonds. The molecule has 69 heavy (non-hydrogen) atoms. The highest BCUT2D eigenvalue weighted by atomic mass is 16.6. The predicted molar refractivity (Wildman–Crippen MR) is 298 cm³/mol. The molecule has 0 aromatic heterocycles. The number of allylic oxidation sites excluding steroid dienone is 2. The standard InChI is InChI=1S/C63H120O6/c1-4-7-10-13-16-19-22-25-28-31-32-33-36-38-41-44-47-50-53-56-62(65)68-59-60(69-63(66)57-54-51-48-45-42-39-35-30-27-24-21-18-15-12-9-6-3)58-67-61(64)55-52-49-46-43-40-37-34-29-26-23-20-17-14-11-8-5-2/h30,35,60H,4-29,31-34,36-59H2,1-3H3/b35-30-. The van der Waals surface area contributed by atoms with E-state index < -0.39 is 6.10 Å². The Hall–Kier alpha value is -1.85. The summed E-state index contributed by atoms with van der Waals surface area (Å²) in [5, 5.41) is 0. The van der Waals surface area contributed by atoms with Gasteiger partial charge in [-0.1, -0.05) is 303 Å². The molecule has 0 heterocycles. The van der Waals surface area contributed by atoms with Gasteiger partial charge in [-0.25, -0.2) is 0 Å². The number of hydrogen-bond acceptors (Lipinski definition) is 6. The Labute approximate surface area is 431 Å². The van der Waals surface area contributed by atoms with Gasteiger partial charge >= 0.3 is 17.9 Å². The largest absolute Gasteiger partial charge is 0.462 e. The van der Waals surface area contributed by atoms with Gasteiger partial charge in [0.2, 0.25) is 0 Å². The second-order valence-corrected chi connectivity index (χ2v) is 21.3. The highest BCUT2D eigenvalue weighted by Gasteiger charge is 2.19. The van der Waals surface area contributed by atoms with Crippen LogP contribution >= 0.6 is 0 Å². The van der Waals surface area contributed by atoms with Crippen molar-refractivity contribution in [2.45, 2.75) is 361 Å². The molecule has 0 saturated carbocycles. The molecule has 1 unspecified atom stereocenters. The molecule has 0 aliphatic heterocycles. The van der Waals surface area contributed by atoms with Crippen LogP contribution in [0, 0.1) is 0 Å². The third-order valence-electron chi connectivity index (χ3n) is 14.3. The summed E-state index contributed by atoms with van der Waals surface area (Å²) in [6, 6.07) is 0. The van der Waals surface area contributed by atoms with E-state index in [1.165, 1.54) is 250 Å². The maximum atomic E-state index is 12.9. The molecule has 0 fully saturated rings. The van der Waals surface area contributed by atoms with Crippen molar-refractivity contribution >= 4 is 17.9 Å². The summed E-state index contributed by atoms with van der Waals surface area (Å²) in [6.45, 7) is 6.70. The van der Waals surface area contributed by atoms with Crippen molar-refractivity contribution in [3.8, 4) is 0 Å². The molecule has 0 bridgehead atoms. The van der Waals surface area contributed by atoms with E-state index in [9.17, 15) is 14.4 Å². The fourth-order valence-corrected chi connectivity index (χ4v) is 9.56. The van der Waals surface area contributed by atoms with E-state index in [0.717, 1.165) is 64.2 Å². The van der Waals surface area contributed by atoms with E-state index >= 15 is 0 Å². The lowest BCUT2D eigenvalue weighted by atomic mass is 10.0. The zero-order chi connectivity index (χ0) is 50.0. The smallest absolute Gasteiger partial charge is 0.306 e. The summed E-state index contributed by atoms with van der Waals surface area (Å²) in [5.74, 6) is -0.846. The van der Waals surface area contributed by atoms with Crippen LogP contribution in [0.1, 0.15) is 355 Å². The van der Waals surface area contributed by atoms with Crippen molar-refractivity contribution in [2.75, 3.05) is 13.2 Å². The Morgan fingerprint density at radius 1 is 0.275 bits per heavy atom. The van der Waals surface area contributed by atoms with Gasteiger partial charge in [-0.15, -0.1) is 0 Å². The molecular formula is C63H120O6.